The van der Waals surface area contributed by atoms with Crippen molar-refractivity contribution >= 4 is 33.0 Å². The van der Waals surface area contributed by atoms with Crippen LogP contribution in [-0.4, -0.2) is 42.1 Å². The summed E-state index contributed by atoms with van der Waals surface area (Å²) in [7, 11) is -4.54. The van der Waals surface area contributed by atoms with E-state index >= 15 is 0 Å². The number of hydrogen-bond acceptors (Lipinski definition) is 5. The SMILES string of the molecule is CCN1C(=CC=CC=CC2=[N+](CCCCCC(=O)CC[C@@H]3CC4C=CC3C4)c3ccc(C)cc3C2(C)C)C(C)(C)c2cc(S(=O)(=O)[O-])ccc21. The lowest BCUT2D eigenvalue weighted by Crippen LogP contribution is -2.28. The maximum atomic E-state index is 12.7. The van der Waals surface area contributed by atoms with Crippen LogP contribution in [0.5, 0.6) is 0 Å². The number of hydrogen-bond donors (Lipinski definition) is 0. The molecule has 1 saturated carbocycles. The summed E-state index contributed by atoms with van der Waals surface area (Å²) >= 11 is 0. The zero-order chi connectivity index (χ0) is 35.8. The number of benzene rings is 2. The summed E-state index contributed by atoms with van der Waals surface area (Å²) in [6.45, 7) is 14.6. The molecule has 2 unspecified atom stereocenters. The summed E-state index contributed by atoms with van der Waals surface area (Å²) in [6.07, 6.45) is 23.4. The molecule has 1 fully saturated rings. The summed E-state index contributed by atoms with van der Waals surface area (Å²) in [6, 6.07) is 11.5. The topological polar surface area (TPSA) is 80.5 Å². The number of likely N-dealkylation sites (N-methyl/N-ethyl adjacent to an activating group) is 1. The highest BCUT2D eigenvalue weighted by Gasteiger charge is 2.44. The molecule has 0 spiro atoms. The molecular formula is C43H54N2O4S. The highest BCUT2D eigenvalue weighted by Crippen LogP contribution is 2.48. The van der Waals surface area contributed by atoms with Crippen molar-refractivity contribution < 1.29 is 22.3 Å². The Morgan fingerprint density at radius 1 is 0.940 bits per heavy atom. The highest BCUT2D eigenvalue weighted by molar-refractivity contribution is 7.85. The minimum Gasteiger partial charge on any atom is -0.744 e. The summed E-state index contributed by atoms with van der Waals surface area (Å²) in [5, 5.41) is 0. The number of carbonyl (C=O) groups excluding carboxylic acids is 1. The Bertz CT molecular complexity index is 1910. The van der Waals surface area contributed by atoms with Crippen LogP contribution in [0.15, 0.2) is 89.5 Å². The number of ketones is 1. The van der Waals surface area contributed by atoms with Gasteiger partial charge in [-0.1, -0.05) is 55.9 Å². The lowest BCUT2D eigenvalue weighted by Gasteiger charge is -2.25. The predicted octanol–water partition coefficient (Wildman–Crippen LogP) is 9.21. The summed E-state index contributed by atoms with van der Waals surface area (Å²) in [5.41, 5.74) is 7.36. The molecule has 6 rings (SSSR count). The van der Waals surface area contributed by atoms with E-state index in [1.54, 1.807) is 6.07 Å². The largest absolute Gasteiger partial charge is 0.744 e. The van der Waals surface area contributed by atoms with Crippen LogP contribution >= 0.6 is 0 Å². The van der Waals surface area contributed by atoms with Gasteiger partial charge in [0.05, 0.1) is 10.3 Å². The quantitative estimate of drug-likeness (QED) is 0.0648. The standard InChI is InChI=1S/C43H54N2O4S/c1-7-44-38-24-22-35(50(47,48)49)29-37(38)43(5,6)40(44)15-11-8-12-16-41-42(3,4)36-26-30(2)17-23-39(36)45(41)25-13-9-10-14-34(46)21-20-33-28-31-18-19-32(33)27-31/h8,11-12,15-19,22-24,26,29,31-33H,7,9-10,13-14,20-21,25,27-28H2,1-6H3/t31?,32?,33-/m1/s1. The lowest BCUT2D eigenvalue weighted by molar-refractivity contribution is -0.438. The minimum absolute atomic E-state index is 0.150. The molecule has 2 bridgehead atoms. The third-order valence-electron chi connectivity index (χ3n) is 11.8. The molecule has 2 aromatic carbocycles. The van der Waals surface area contributed by atoms with Gasteiger partial charge >= 0.3 is 0 Å². The van der Waals surface area contributed by atoms with E-state index in [1.807, 2.05) is 6.08 Å². The van der Waals surface area contributed by atoms with E-state index in [0.717, 1.165) is 79.9 Å². The van der Waals surface area contributed by atoms with Gasteiger partial charge in [0.2, 0.25) is 5.69 Å². The van der Waals surface area contributed by atoms with E-state index < -0.39 is 15.5 Å². The number of aryl methyl sites for hydroxylation is 1. The highest BCUT2D eigenvalue weighted by atomic mass is 32.2. The molecule has 2 aromatic rings. The second-order valence-electron chi connectivity index (χ2n) is 15.9. The van der Waals surface area contributed by atoms with Crippen LogP contribution in [0.4, 0.5) is 11.4 Å². The Hall–Kier alpha value is -3.55. The molecule has 3 atom stereocenters. The predicted molar refractivity (Wildman–Crippen MR) is 202 cm³/mol. The van der Waals surface area contributed by atoms with Crippen molar-refractivity contribution in [1.82, 2.24) is 0 Å². The van der Waals surface area contributed by atoms with E-state index in [9.17, 15) is 17.8 Å². The van der Waals surface area contributed by atoms with Crippen LogP contribution < -0.4 is 4.90 Å². The molecule has 4 aliphatic rings. The summed E-state index contributed by atoms with van der Waals surface area (Å²) in [4.78, 5) is 14.7. The molecule has 2 heterocycles. The molecule has 6 nitrogen and oxygen atoms in total. The van der Waals surface area contributed by atoms with Gasteiger partial charge in [0.25, 0.3) is 0 Å². The number of unbranched alkanes of at least 4 members (excludes halogenated alkanes) is 2. The van der Waals surface area contributed by atoms with Gasteiger partial charge in [-0.05, 0) is 113 Å². The Labute approximate surface area is 300 Å². The lowest BCUT2D eigenvalue weighted by atomic mass is 9.81. The van der Waals surface area contributed by atoms with Crippen molar-refractivity contribution in [2.24, 2.45) is 17.8 Å². The van der Waals surface area contributed by atoms with Crippen molar-refractivity contribution in [1.29, 1.82) is 0 Å². The molecule has 2 aliphatic heterocycles. The fourth-order valence-electron chi connectivity index (χ4n) is 9.01. The van der Waals surface area contributed by atoms with Crippen LogP contribution in [0.3, 0.4) is 0 Å². The molecule has 7 heteroatoms. The number of fused-ring (bicyclic) bond motifs is 4. The molecule has 0 amide bonds. The molecule has 266 valence electrons. The molecule has 0 radical (unpaired) electrons. The summed E-state index contributed by atoms with van der Waals surface area (Å²) in [5.74, 6) is 2.66. The number of rotatable bonds is 14. The fourth-order valence-corrected chi connectivity index (χ4v) is 9.50. The zero-order valence-corrected chi connectivity index (χ0v) is 31.6. The monoisotopic (exact) mass is 694 g/mol. The van der Waals surface area contributed by atoms with Gasteiger partial charge in [-0.25, -0.2) is 8.42 Å². The average Bonchev–Trinajstić information content (AvgIpc) is 3.79. The average molecular weight is 695 g/mol. The zero-order valence-electron chi connectivity index (χ0n) is 30.7. The fraction of sp³-hybridized carbons (Fsp3) is 0.488. The smallest absolute Gasteiger partial charge is 0.209 e. The van der Waals surface area contributed by atoms with Crippen molar-refractivity contribution in [2.75, 3.05) is 18.0 Å². The Kier molecular flexibility index (Phi) is 10.3. The maximum absolute atomic E-state index is 12.7. The van der Waals surface area contributed by atoms with Crippen LogP contribution in [0.2, 0.25) is 0 Å². The van der Waals surface area contributed by atoms with E-state index in [1.165, 1.54) is 47.5 Å². The minimum atomic E-state index is -4.54. The first-order valence-corrected chi connectivity index (χ1v) is 20.0. The van der Waals surface area contributed by atoms with Gasteiger partial charge in [0, 0.05) is 60.3 Å². The maximum Gasteiger partial charge on any atom is 0.209 e. The van der Waals surface area contributed by atoms with Crippen molar-refractivity contribution in [2.45, 2.75) is 109 Å². The van der Waals surface area contributed by atoms with E-state index in [2.05, 4.69) is 106 Å². The molecule has 0 aromatic heterocycles. The summed E-state index contributed by atoms with van der Waals surface area (Å²) < 4.78 is 37.7. The van der Waals surface area contributed by atoms with Crippen molar-refractivity contribution in [3.8, 4) is 0 Å². The van der Waals surface area contributed by atoms with Gasteiger partial charge in [0.1, 0.15) is 22.4 Å². The third kappa shape index (κ3) is 7.13. The van der Waals surface area contributed by atoms with Crippen LogP contribution in [0.1, 0.15) is 103 Å². The second-order valence-corrected chi connectivity index (χ2v) is 17.3. The second kappa shape index (κ2) is 14.2. The van der Waals surface area contributed by atoms with E-state index in [0.29, 0.717) is 12.2 Å². The first-order valence-electron chi connectivity index (χ1n) is 18.6. The van der Waals surface area contributed by atoms with Crippen LogP contribution in [-0.2, 0) is 25.7 Å². The van der Waals surface area contributed by atoms with Crippen LogP contribution in [0, 0.1) is 24.7 Å². The third-order valence-corrected chi connectivity index (χ3v) is 12.6. The van der Waals surface area contributed by atoms with Gasteiger partial charge in [-0.15, -0.1) is 0 Å². The van der Waals surface area contributed by atoms with Gasteiger partial charge in [-0.3, -0.25) is 4.79 Å². The van der Waals surface area contributed by atoms with E-state index in [-0.39, 0.29) is 10.3 Å². The number of nitrogens with zero attached hydrogens (tertiary/aromatic N) is 2. The number of carbonyl (C=O) groups is 1. The Balaban J connectivity index is 1.12. The first kappa shape index (κ1) is 36.2. The van der Waals surface area contributed by atoms with Crippen molar-refractivity contribution in [3.63, 3.8) is 0 Å². The molecule has 0 N–H and O–H groups in total. The first-order chi connectivity index (χ1) is 23.7. The Morgan fingerprint density at radius 3 is 2.44 bits per heavy atom. The molecule has 0 saturated heterocycles. The number of anilines is 1. The van der Waals surface area contributed by atoms with Crippen molar-refractivity contribution in [3.05, 3.63) is 101 Å². The molecular weight excluding hydrogens is 641 g/mol. The van der Waals surface area contributed by atoms with Gasteiger partial charge < -0.3 is 9.45 Å². The van der Waals surface area contributed by atoms with Gasteiger partial charge in [0.15, 0.2) is 5.71 Å². The van der Waals surface area contributed by atoms with Gasteiger partial charge in [-0.2, -0.15) is 4.58 Å². The number of Topliss-reactive ketones (excluding diaryl/α,β-unsaturated/α-hetero) is 1. The van der Waals surface area contributed by atoms with Crippen LogP contribution in [0.25, 0.3) is 0 Å². The van der Waals surface area contributed by atoms with E-state index in [4.69, 9.17) is 0 Å². The number of allylic oxidation sites excluding steroid dienone is 8. The normalized spacial score (nSPS) is 24.0. The molecule has 50 heavy (non-hydrogen) atoms. The molecule has 2 aliphatic carbocycles. The Morgan fingerprint density at radius 2 is 1.74 bits per heavy atom.